The quantitative estimate of drug-likeness (QED) is 0.887. The number of nitrogens with zero attached hydrogens (tertiary/aromatic N) is 2. The average Bonchev–Trinajstić information content (AvgIpc) is 2.44. The van der Waals surface area contributed by atoms with Crippen molar-refractivity contribution in [3.63, 3.8) is 0 Å². The van der Waals surface area contributed by atoms with Crippen molar-refractivity contribution in [3.05, 3.63) is 54.1 Å². The van der Waals surface area contributed by atoms with Crippen molar-refractivity contribution in [2.24, 2.45) is 0 Å². The van der Waals surface area contributed by atoms with Crippen molar-refractivity contribution in [1.29, 1.82) is 0 Å². The van der Waals surface area contributed by atoms with Crippen LogP contribution in [0.15, 0.2) is 42.9 Å². The normalized spacial score (nSPS) is 10.5. The van der Waals surface area contributed by atoms with Crippen LogP contribution in [0.4, 0.5) is 0 Å². The van der Waals surface area contributed by atoms with Gasteiger partial charge in [0, 0.05) is 12.4 Å². The van der Waals surface area contributed by atoms with E-state index in [4.69, 9.17) is 9.84 Å². The van der Waals surface area contributed by atoms with Crippen LogP contribution in [0.2, 0.25) is 0 Å². The Morgan fingerprint density at radius 1 is 1.32 bits per heavy atom. The molecule has 0 saturated heterocycles. The van der Waals surface area contributed by atoms with Crippen LogP contribution < -0.4 is 4.74 Å². The molecular formula is C14H12N2O3. The molecule has 2 rings (SSSR count). The van der Waals surface area contributed by atoms with Gasteiger partial charge in [-0.25, -0.2) is 4.79 Å². The van der Waals surface area contributed by atoms with Gasteiger partial charge in [0.05, 0.1) is 11.9 Å². The van der Waals surface area contributed by atoms with E-state index in [0.29, 0.717) is 5.75 Å². The van der Waals surface area contributed by atoms with Crippen LogP contribution in [0, 0.1) is 0 Å². The average molecular weight is 256 g/mol. The summed E-state index contributed by atoms with van der Waals surface area (Å²) < 4.78 is 5.10. The van der Waals surface area contributed by atoms with E-state index in [1.165, 1.54) is 0 Å². The van der Waals surface area contributed by atoms with Crippen molar-refractivity contribution in [2.45, 2.75) is 0 Å². The van der Waals surface area contributed by atoms with Gasteiger partial charge < -0.3 is 9.84 Å². The predicted molar refractivity (Wildman–Crippen MR) is 70.5 cm³/mol. The number of hydrogen-bond acceptors (Lipinski definition) is 4. The topological polar surface area (TPSA) is 72.3 Å². The molecule has 0 radical (unpaired) electrons. The minimum absolute atomic E-state index is 0.350. The fraction of sp³-hybridized carbons (Fsp3) is 0.0714. The number of aromatic nitrogens is 2. The summed E-state index contributed by atoms with van der Waals surface area (Å²) in [5.74, 6) is -0.482. The van der Waals surface area contributed by atoms with E-state index in [2.05, 4.69) is 9.97 Å². The highest BCUT2D eigenvalue weighted by Crippen LogP contribution is 2.15. The Labute approximate surface area is 110 Å². The summed E-state index contributed by atoms with van der Waals surface area (Å²) in [4.78, 5) is 18.5. The van der Waals surface area contributed by atoms with Crippen LogP contribution in [0.3, 0.4) is 0 Å². The van der Waals surface area contributed by atoms with Gasteiger partial charge in [-0.2, -0.15) is 0 Å². The van der Waals surface area contributed by atoms with E-state index >= 15 is 0 Å². The molecular weight excluding hydrogens is 244 g/mol. The molecule has 0 atom stereocenters. The Kier molecular flexibility index (Phi) is 4.23. The second kappa shape index (κ2) is 6.30. The van der Waals surface area contributed by atoms with Gasteiger partial charge in [0.15, 0.2) is 6.61 Å². The number of aliphatic carboxylic acids is 1. The van der Waals surface area contributed by atoms with Gasteiger partial charge in [-0.3, -0.25) is 9.97 Å². The van der Waals surface area contributed by atoms with Crippen molar-refractivity contribution in [3.8, 4) is 5.75 Å². The van der Waals surface area contributed by atoms with E-state index in [0.717, 1.165) is 11.3 Å². The Morgan fingerprint density at radius 3 is 2.95 bits per heavy atom. The van der Waals surface area contributed by atoms with E-state index in [1.54, 1.807) is 36.8 Å². The Balaban J connectivity index is 2.06. The van der Waals surface area contributed by atoms with Crippen LogP contribution in [0.5, 0.6) is 5.75 Å². The summed E-state index contributed by atoms with van der Waals surface area (Å²) >= 11 is 0. The summed E-state index contributed by atoms with van der Waals surface area (Å²) in [6.45, 7) is -0.350. The summed E-state index contributed by atoms with van der Waals surface area (Å²) in [6.07, 6.45) is 8.56. The van der Waals surface area contributed by atoms with Crippen molar-refractivity contribution in [1.82, 2.24) is 9.97 Å². The largest absolute Gasteiger partial charge is 0.482 e. The number of hydrogen-bond donors (Lipinski definition) is 1. The molecule has 1 aromatic carbocycles. The Bertz CT molecular complexity index is 582. The van der Waals surface area contributed by atoms with E-state index < -0.39 is 5.97 Å². The molecule has 1 heterocycles. The maximum atomic E-state index is 10.4. The lowest BCUT2D eigenvalue weighted by atomic mass is 10.2. The molecule has 0 aliphatic carbocycles. The highest BCUT2D eigenvalue weighted by Gasteiger charge is 1.99. The molecule has 19 heavy (non-hydrogen) atoms. The second-order valence-corrected chi connectivity index (χ2v) is 3.72. The molecule has 0 unspecified atom stereocenters. The second-order valence-electron chi connectivity index (χ2n) is 3.72. The molecule has 0 bridgehead atoms. The molecule has 0 saturated carbocycles. The maximum Gasteiger partial charge on any atom is 0.341 e. The number of ether oxygens (including phenoxy) is 1. The zero-order valence-corrected chi connectivity index (χ0v) is 10.1. The van der Waals surface area contributed by atoms with Crippen molar-refractivity contribution in [2.75, 3.05) is 6.61 Å². The standard InChI is InChI=1S/C14H12N2O3/c17-14(18)10-19-13-3-1-2-11(8-13)4-5-12-9-15-6-7-16-12/h1-9H,10H2,(H,17,18)/b5-4+. The number of carboxylic acid groups (broad SMARTS) is 1. The number of carbonyl (C=O) groups is 1. The van der Waals surface area contributed by atoms with Gasteiger partial charge in [-0.05, 0) is 23.8 Å². The third-order valence-electron chi connectivity index (χ3n) is 2.25. The van der Waals surface area contributed by atoms with Crippen LogP contribution in [0.1, 0.15) is 11.3 Å². The van der Waals surface area contributed by atoms with Gasteiger partial charge in [0.1, 0.15) is 5.75 Å². The van der Waals surface area contributed by atoms with E-state index in [1.807, 2.05) is 18.2 Å². The minimum atomic E-state index is -1.000. The highest BCUT2D eigenvalue weighted by atomic mass is 16.5. The molecule has 0 fully saturated rings. The third kappa shape index (κ3) is 4.23. The van der Waals surface area contributed by atoms with Gasteiger partial charge in [0.25, 0.3) is 0 Å². The molecule has 1 N–H and O–H groups in total. The van der Waals surface area contributed by atoms with Crippen LogP contribution in [-0.2, 0) is 4.79 Å². The number of carboxylic acids is 1. The van der Waals surface area contributed by atoms with Crippen LogP contribution in [-0.4, -0.2) is 27.7 Å². The van der Waals surface area contributed by atoms with Gasteiger partial charge in [0.2, 0.25) is 0 Å². The van der Waals surface area contributed by atoms with Crippen molar-refractivity contribution >= 4 is 18.1 Å². The fourth-order valence-corrected chi connectivity index (χ4v) is 1.43. The molecule has 0 aliphatic heterocycles. The monoisotopic (exact) mass is 256 g/mol. The van der Waals surface area contributed by atoms with Crippen LogP contribution in [0.25, 0.3) is 12.2 Å². The number of benzene rings is 1. The SMILES string of the molecule is O=C(O)COc1cccc(/C=C/c2cnccn2)c1. The molecule has 0 spiro atoms. The molecule has 2 aromatic rings. The molecule has 96 valence electrons. The smallest absolute Gasteiger partial charge is 0.341 e. The zero-order chi connectivity index (χ0) is 13.5. The molecule has 5 nitrogen and oxygen atoms in total. The molecule has 5 heteroatoms. The Hall–Kier alpha value is -2.69. The first-order valence-corrected chi connectivity index (χ1v) is 5.63. The molecule has 1 aromatic heterocycles. The zero-order valence-electron chi connectivity index (χ0n) is 10.1. The lowest BCUT2D eigenvalue weighted by Crippen LogP contribution is -2.09. The number of rotatable bonds is 5. The van der Waals surface area contributed by atoms with Crippen LogP contribution >= 0.6 is 0 Å². The maximum absolute atomic E-state index is 10.4. The summed E-state index contributed by atoms with van der Waals surface area (Å²) in [6, 6.07) is 7.16. The van der Waals surface area contributed by atoms with E-state index in [9.17, 15) is 4.79 Å². The molecule has 0 aliphatic rings. The fourth-order valence-electron chi connectivity index (χ4n) is 1.43. The van der Waals surface area contributed by atoms with Crippen molar-refractivity contribution < 1.29 is 14.6 Å². The molecule has 0 amide bonds. The first-order valence-electron chi connectivity index (χ1n) is 5.63. The minimum Gasteiger partial charge on any atom is -0.482 e. The third-order valence-corrected chi connectivity index (χ3v) is 2.25. The predicted octanol–water partition coefficient (Wildman–Crippen LogP) is 2.11. The lowest BCUT2D eigenvalue weighted by molar-refractivity contribution is -0.139. The Morgan fingerprint density at radius 2 is 2.21 bits per heavy atom. The van der Waals surface area contributed by atoms with Gasteiger partial charge in [-0.1, -0.05) is 18.2 Å². The van der Waals surface area contributed by atoms with Gasteiger partial charge in [-0.15, -0.1) is 0 Å². The van der Waals surface area contributed by atoms with E-state index in [-0.39, 0.29) is 6.61 Å². The summed E-state index contributed by atoms with van der Waals surface area (Å²) in [5.41, 5.74) is 1.65. The lowest BCUT2D eigenvalue weighted by Gasteiger charge is -2.03. The summed E-state index contributed by atoms with van der Waals surface area (Å²) in [5, 5.41) is 8.54. The highest BCUT2D eigenvalue weighted by molar-refractivity contribution is 5.69. The van der Waals surface area contributed by atoms with Gasteiger partial charge >= 0.3 is 5.97 Å². The first kappa shape index (κ1) is 12.8. The summed E-state index contributed by atoms with van der Waals surface area (Å²) in [7, 11) is 0. The first-order chi connectivity index (χ1) is 9.24.